The van der Waals surface area contributed by atoms with Gasteiger partial charge in [-0.05, 0) is 37.1 Å². The lowest BCUT2D eigenvalue weighted by molar-refractivity contribution is -0.385. The summed E-state index contributed by atoms with van der Waals surface area (Å²) in [6, 6.07) is 10.4. The van der Waals surface area contributed by atoms with Crippen LogP contribution in [-0.4, -0.2) is 24.4 Å². The number of rotatable bonds is 6. The normalized spacial score (nSPS) is 10.3. The van der Waals surface area contributed by atoms with Crippen LogP contribution in [0.3, 0.4) is 0 Å². The highest BCUT2D eigenvalue weighted by Crippen LogP contribution is 2.30. The highest BCUT2D eigenvalue weighted by molar-refractivity contribution is 6.33. The zero-order chi connectivity index (χ0) is 17.7. The van der Waals surface area contributed by atoms with E-state index in [0.29, 0.717) is 34.8 Å². The molecule has 0 atom stereocenters. The van der Waals surface area contributed by atoms with Gasteiger partial charge in [0.05, 0.1) is 15.6 Å². The fourth-order valence-corrected chi connectivity index (χ4v) is 2.58. The summed E-state index contributed by atoms with van der Waals surface area (Å²) in [5.41, 5.74) is 2.83. The molecule has 0 heterocycles. The number of anilines is 1. The van der Waals surface area contributed by atoms with Gasteiger partial charge in [0.15, 0.2) is 0 Å². The van der Waals surface area contributed by atoms with E-state index in [9.17, 15) is 14.9 Å². The molecule has 1 amide bonds. The number of nitro groups is 1. The summed E-state index contributed by atoms with van der Waals surface area (Å²) in [6.07, 6.45) is 0.692. The molecule has 24 heavy (non-hydrogen) atoms. The van der Waals surface area contributed by atoms with E-state index < -0.39 is 4.92 Å². The minimum atomic E-state index is -0.449. The number of hydrogen-bond acceptors (Lipinski definition) is 4. The number of nitrogens with one attached hydrogen (secondary N) is 2. The molecule has 0 fully saturated rings. The lowest BCUT2D eigenvalue weighted by Crippen LogP contribution is -2.18. The zero-order valence-corrected chi connectivity index (χ0v) is 14.2. The van der Waals surface area contributed by atoms with Gasteiger partial charge in [0.25, 0.3) is 11.6 Å². The Hall–Kier alpha value is -2.60. The van der Waals surface area contributed by atoms with Gasteiger partial charge in [-0.25, -0.2) is 0 Å². The Balaban J connectivity index is 2.03. The van der Waals surface area contributed by atoms with Crippen molar-refractivity contribution < 1.29 is 9.72 Å². The number of benzene rings is 2. The molecule has 0 aromatic heterocycles. The number of halogens is 1. The first-order valence-corrected chi connectivity index (χ1v) is 7.79. The molecule has 2 aromatic rings. The molecule has 0 saturated heterocycles. The monoisotopic (exact) mass is 347 g/mol. The van der Waals surface area contributed by atoms with Gasteiger partial charge in [-0.1, -0.05) is 23.7 Å². The van der Waals surface area contributed by atoms with Gasteiger partial charge < -0.3 is 10.6 Å². The van der Waals surface area contributed by atoms with Crippen molar-refractivity contribution in [2.24, 2.45) is 0 Å². The summed E-state index contributed by atoms with van der Waals surface area (Å²) in [6.45, 7) is 2.26. The van der Waals surface area contributed by atoms with Crippen molar-refractivity contribution in [2.45, 2.75) is 13.3 Å². The van der Waals surface area contributed by atoms with Crippen LogP contribution < -0.4 is 10.6 Å². The summed E-state index contributed by atoms with van der Waals surface area (Å²) < 4.78 is 0. The second-order valence-electron chi connectivity index (χ2n) is 5.33. The first-order valence-electron chi connectivity index (χ1n) is 7.42. The van der Waals surface area contributed by atoms with E-state index in [1.54, 1.807) is 26.1 Å². The van der Waals surface area contributed by atoms with Crippen molar-refractivity contribution in [3.05, 3.63) is 68.2 Å². The van der Waals surface area contributed by atoms with Crippen LogP contribution in [0.5, 0.6) is 0 Å². The molecule has 0 aliphatic carbocycles. The van der Waals surface area contributed by atoms with Crippen molar-refractivity contribution in [3.63, 3.8) is 0 Å². The van der Waals surface area contributed by atoms with Crippen molar-refractivity contribution in [3.8, 4) is 0 Å². The largest absolute Gasteiger partial charge is 0.383 e. The predicted molar refractivity (Wildman–Crippen MR) is 94.9 cm³/mol. The van der Waals surface area contributed by atoms with Crippen LogP contribution in [0, 0.1) is 17.0 Å². The second kappa shape index (κ2) is 7.79. The lowest BCUT2D eigenvalue weighted by atomic mass is 10.1. The maximum Gasteiger partial charge on any atom is 0.273 e. The van der Waals surface area contributed by atoms with Gasteiger partial charge in [0.2, 0.25) is 0 Å². The molecule has 0 aliphatic heterocycles. The minimum Gasteiger partial charge on any atom is -0.383 e. The topological polar surface area (TPSA) is 84.3 Å². The number of nitrogens with zero attached hydrogens (tertiary/aromatic N) is 1. The van der Waals surface area contributed by atoms with E-state index in [4.69, 9.17) is 11.6 Å². The Morgan fingerprint density at radius 3 is 2.71 bits per heavy atom. The van der Waals surface area contributed by atoms with Gasteiger partial charge in [0, 0.05) is 30.8 Å². The van der Waals surface area contributed by atoms with E-state index in [2.05, 4.69) is 10.6 Å². The molecule has 0 aliphatic rings. The Bertz CT molecular complexity index is 778. The summed E-state index contributed by atoms with van der Waals surface area (Å²) in [4.78, 5) is 22.1. The molecular weight excluding hydrogens is 330 g/mol. The Morgan fingerprint density at radius 1 is 1.29 bits per heavy atom. The van der Waals surface area contributed by atoms with Gasteiger partial charge >= 0.3 is 0 Å². The molecule has 2 rings (SSSR count). The van der Waals surface area contributed by atoms with Crippen molar-refractivity contribution >= 4 is 28.9 Å². The highest BCUT2D eigenvalue weighted by Gasteiger charge is 2.14. The summed E-state index contributed by atoms with van der Waals surface area (Å²) >= 11 is 6.09. The van der Waals surface area contributed by atoms with Crippen molar-refractivity contribution in [1.29, 1.82) is 0 Å². The SMILES string of the molecule is CNC(=O)c1cccc(CCNc2cc(C)c([N+](=O)[O-])cc2Cl)c1. The van der Waals surface area contributed by atoms with Crippen LogP contribution in [0.1, 0.15) is 21.5 Å². The Kier molecular flexibility index (Phi) is 5.76. The van der Waals surface area contributed by atoms with Gasteiger partial charge in [-0.15, -0.1) is 0 Å². The van der Waals surface area contributed by atoms with E-state index >= 15 is 0 Å². The summed E-state index contributed by atoms with van der Waals surface area (Å²) in [7, 11) is 1.59. The molecule has 126 valence electrons. The van der Waals surface area contributed by atoms with Gasteiger partial charge in [0.1, 0.15) is 0 Å². The van der Waals surface area contributed by atoms with E-state index in [1.165, 1.54) is 6.07 Å². The fourth-order valence-electron chi connectivity index (χ4n) is 2.36. The fraction of sp³-hybridized carbons (Fsp3) is 0.235. The number of carbonyl (C=O) groups is 1. The average molecular weight is 348 g/mol. The van der Waals surface area contributed by atoms with E-state index in [0.717, 1.165) is 5.56 Å². The second-order valence-corrected chi connectivity index (χ2v) is 5.74. The van der Waals surface area contributed by atoms with Crippen LogP contribution in [0.4, 0.5) is 11.4 Å². The number of carbonyl (C=O) groups excluding carboxylic acids is 1. The van der Waals surface area contributed by atoms with Crippen LogP contribution in [0.2, 0.25) is 5.02 Å². The Labute approximate surface area is 145 Å². The van der Waals surface area contributed by atoms with Crippen LogP contribution in [0.15, 0.2) is 36.4 Å². The predicted octanol–water partition coefficient (Wildman–Crippen LogP) is 3.57. The molecule has 2 N–H and O–H groups in total. The number of nitro benzene ring substituents is 1. The third-order valence-electron chi connectivity index (χ3n) is 3.63. The van der Waals surface area contributed by atoms with Crippen molar-refractivity contribution in [2.75, 3.05) is 18.9 Å². The smallest absolute Gasteiger partial charge is 0.273 e. The van der Waals surface area contributed by atoms with Crippen LogP contribution >= 0.6 is 11.6 Å². The van der Waals surface area contributed by atoms with E-state index in [1.807, 2.05) is 18.2 Å². The molecule has 0 bridgehead atoms. The maximum atomic E-state index is 11.6. The number of hydrogen-bond donors (Lipinski definition) is 2. The molecule has 0 unspecified atom stereocenters. The van der Waals surface area contributed by atoms with Gasteiger partial charge in [-0.2, -0.15) is 0 Å². The first kappa shape index (κ1) is 17.7. The minimum absolute atomic E-state index is 0.00355. The number of aryl methyl sites for hydroxylation is 1. The highest BCUT2D eigenvalue weighted by atomic mass is 35.5. The summed E-state index contributed by atoms with van der Waals surface area (Å²) in [5.74, 6) is -0.126. The molecule has 0 radical (unpaired) electrons. The molecule has 6 nitrogen and oxygen atoms in total. The zero-order valence-electron chi connectivity index (χ0n) is 13.4. The van der Waals surface area contributed by atoms with E-state index in [-0.39, 0.29) is 11.6 Å². The van der Waals surface area contributed by atoms with Crippen LogP contribution in [-0.2, 0) is 6.42 Å². The molecule has 0 saturated carbocycles. The first-order chi connectivity index (χ1) is 11.4. The number of amides is 1. The summed E-state index contributed by atoms with van der Waals surface area (Å²) in [5, 5.41) is 17.0. The average Bonchev–Trinajstić information content (AvgIpc) is 2.56. The van der Waals surface area contributed by atoms with Gasteiger partial charge in [-0.3, -0.25) is 14.9 Å². The third-order valence-corrected chi connectivity index (χ3v) is 3.94. The molecule has 2 aromatic carbocycles. The third kappa shape index (κ3) is 4.23. The maximum absolute atomic E-state index is 11.6. The molecular formula is C17H18ClN3O3. The standard InChI is InChI=1S/C17H18ClN3O3/c1-11-8-15(14(18)10-16(11)21(23)24)20-7-6-12-4-3-5-13(9-12)17(22)19-2/h3-5,8-10,20H,6-7H2,1-2H3,(H,19,22). The quantitative estimate of drug-likeness (QED) is 0.618. The molecule has 7 heteroatoms. The Morgan fingerprint density at radius 2 is 2.04 bits per heavy atom. The van der Waals surface area contributed by atoms with Crippen LogP contribution in [0.25, 0.3) is 0 Å². The van der Waals surface area contributed by atoms with Crippen molar-refractivity contribution in [1.82, 2.24) is 5.32 Å². The lowest BCUT2D eigenvalue weighted by Gasteiger charge is -2.10. The molecule has 0 spiro atoms.